The Bertz CT molecular complexity index is 362. The molecule has 1 aliphatic rings. The van der Waals surface area contributed by atoms with E-state index in [9.17, 15) is 0 Å². The van der Waals surface area contributed by atoms with Crippen LogP contribution in [0.5, 0.6) is 0 Å². The van der Waals surface area contributed by atoms with Crippen LogP contribution in [0.2, 0.25) is 0 Å². The first-order chi connectivity index (χ1) is 9.75. The van der Waals surface area contributed by atoms with Crippen LogP contribution in [0.15, 0.2) is 30.3 Å². The minimum atomic E-state index is 0.475. The van der Waals surface area contributed by atoms with Crippen LogP contribution >= 0.6 is 23.5 Å². The normalized spacial score (nSPS) is 18.9. The van der Waals surface area contributed by atoms with E-state index in [2.05, 4.69) is 78.2 Å². The maximum atomic E-state index is 3.90. The van der Waals surface area contributed by atoms with E-state index in [-0.39, 0.29) is 0 Å². The van der Waals surface area contributed by atoms with Gasteiger partial charge in [-0.3, -0.25) is 0 Å². The lowest BCUT2D eigenvalue weighted by atomic mass is 10.0. The Balaban J connectivity index is 1.97. The van der Waals surface area contributed by atoms with E-state index in [4.69, 9.17) is 0 Å². The molecule has 1 N–H and O–H groups in total. The Hall–Kier alpha value is -0.160. The summed E-state index contributed by atoms with van der Waals surface area (Å²) in [5, 5.41) is 3.90. The molecule has 0 spiro atoms. The van der Waals surface area contributed by atoms with Gasteiger partial charge in [-0.05, 0) is 32.6 Å². The zero-order valence-corrected chi connectivity index (χ0v) is 14.2. The summed E-state index contributed by atoms with van der Waals surface area (Å²) < 4.78 is 0. The lowest BCUT2D eigenvalue weighted by molar-refractivity contribution is 0.352. The third-order valence-corrected chi connectivity index (χ3v) is 6.03. The SMILES string of the molecule is CN(C)CC[C@@H](NC1CSCCSC1)c1ccccc1. The van der Waals surface area contributed by atoms with Gasteiger partial charge in [0.2, 0.25) is 0 Å². The number of thioether (sulfide) groups is 2. The molecule has 0 bridgehead atoms. The van der Waals surface area contributed by atoms with Crippen LogP contribution < -0.4 is 5.32 Å². The van der Waals surface area contributed by atoms with Crippen molar-refractivity contribution in [1.29, 1.82) is 0 Å². The van der Waals surface area contributed by atoms with Gasteiger partial charge >= 0.3 is 0 Å². The highest BCUT2D eigenvalue weighted by Gasteiger charge is 2.18. The van der Waals surface area contributed by atoms with Crippen LogP contribution in [0.25, 0.3) is 0 Å². The molecule has 0 amide bonds. The highest BCUT2D eigenvalue weighted by Crippen LogP contribution is 2.22. The van der Waals surface area contributed by atoms with Crippen molar-refractivity contribution in [2.45, 2.75) is 18.5 Å². The van der Waals surface area contributed by atoms with E-state index >= 15 is 0 Å². The number of hydrogen-bond acceptors (Lipinski definition) is 4. The molecule has 0 aromatic heterocycles. The van der Waals surface area contributed by atoms with Crippen LogP contribution in [0.4, 0.5) is 0 Å². The van der Waals surface area contributed by atoms with Crippen molar-refractivity contribution in [3.05, 3.63) is 35.9 Å². The molecule has 1 aromatic carbocycles. The molecule has 20 heavy (non-hydrogen) atoms. The van der Waals surface area contributed by atoms with Gasteiger partial charge in [0.15, 0.2) is 0 Å². The van der Waals surface area contributed by atoms with Crippen molar-refractivity contribution in [3.63, 3.8) is 0 Å². The molecule has 4 heteroatoms. The standard InChI is InChI=1S/C16H26N2S2/c1-18(2)9-8-16(14-6-4-3-5-7-14)17-15-12-19-10-11-20-13-15/h3-7,15-17H,8-13H2,1-2H3/t16-/m1/s1. The summed E-state index contributed by atoms with van der Waals surface area (Å²) in [4.78, 5) is 2.27. The van der Waals surface area contributed by atoms with Crippen LogP contribution in [-0.2, 0) is 0 Å². The van der Waals surface area contributed by atoms with Crippen molar-refractivity contribution >= 4 is 23.5 Å². The zero-order chi connectivity index (χ0) is 14.2. The highest BCUT2D eigenvalue weighted by molar-refractivity contribution is 8.03. The van der Waals surface area contributed by atoms with Crippen molar-refractivity contribution in [3.8, 4) is 0 Å². The van der Waals surface area contributed by atoms with E-state index in [0.717, 1.165) is 6.54 Å². The van der Waals surface area contributed by atoms with Gasteiger partial charge in [-0.15, -0.1) is 0 Å². The fourth-order valence-electron chi connectivity index (χ4n) is 2.42. The van der Waals surface area contributed by atoms with Crippen molar-refractivity contribution in [2.24, 2.45) is 0 Å². The molecule has 1 aromatic rings. The largest absolute Gasteiger partial charge is 0.309 e. The molecule has 0 unspecified atom stereocenters. The third kappa shape index (κ3) is 5.68. The van der Waals surface area contributed by atoms with Gasteiger partial charge in [-0.25, -0.2) is 0 Å². The predicted octanol–water partition coefficient (Wildman–Crippen LogP) is 3.12. The van der Waals surface area contributed by atoms with Crippen molar-refractivity contribution < 1.29 is 0 Å². The monoisotopic (exact) mass is 310 g/mol. The first kappa shape index (κ1) is 16.2. The molecule has 1 fully saturated rings. The molecule has 2 nitrogen and oxygen atoms in total. The van der Waals surface area contributed by atoms with E-state index < -0.39 is 0 Å². The second-order valence-corrected chi connectivity index (χ2v) is 7.87. The van der Waals surface area contributed by atoms with E-state index in [0.29, 0.717) is 12.1 Å². The summed E-state index contributed by atoms with van der Waals surface area (Å²) in [6, 6.07) is 12.0. The minimum absolute atomic E-state index is 0.475. The van der Waals surface area contributed by atoms with E-state index in [1.807, 2.05) is 0 Å². The Labute approximate surface area is 132 Å². The van der Waals surface area contributed by atoms with E-state index in [1.165, 1.54) is 35.0 Å². The number of nitrogens with one attached hydrogen (secondary N) is 1. The molecule has 1 atom stereocenters. The van der Waals surface area contributed by atoms with Gasteiger partial charge in [0, 0.05) is 35.1 Å². The summed E-state index contributed by atoms with van der Waals surface area (Å²) >= 11 is 4.18. The number of benzene rings is 1. The summed E-state index contributed by atoms with van der Waals surface area (Å²) in [5.74, 6) is 5.10. The molecule has 0 aliphatic carbocycles. The van der Waals surface area contributed by atoms with Gasteiger partial charge < -0.3 is 10.2 Å². The quantitative estimate of drug-likeness (QED) is 0.868. The maximum absolute atomic E-state index is 3.90. The Morgan fingerprint density at radius 1 is 1.15 bits per heavy atom. The predicted molar refractivity (Wildman–Crippen MR) is 93.9 cm³/mol. The molecular weight excluding hydrogens is 284 g/mol. The molecular formula is C16H26N2S2. The number of nitrogens with zero attached hydrogens (tertiary/aromatic N) is 1. The topological polar surface area (TPSA) is 15.3 Å². The second kappa shape index (κ2) is 8.98. The Morgan fingerprint density at radius 3 is 2.40 bits per heavy atom. The van der Waals surface area contributed by atoms with Gasteiger partial charge in [0.25, 0.3) is 0 Å². The lowest BCUT2D eigenvalue weighted by Crippen LogP contribution is -2.37. The lowest BCUT2D eigenvalue weighted by Gasteiger charge is -2.26. The number of rotatable bonds is 6. The molecule has 0 saturated carbocycles. The van der Waals surface area contributed by atoms with Crippen LogP contribution in [0.1, 0.15) is 18.0 Å². The van der Waals surface area contributed by atoms with Crippen molar-refractivity contribution in [2.75, 3.05) is 43.7 Å². The van der Waals surface area contributed by atoms with Gasteiger partial charge in [-0.2, -0.15) is 23.5 Å². The Kier molecular flexibility index (Phi) is 7.28. The van der Waals surface area contributed by atoms with Gasteiger partial charge in [0.05, 0.1) is 0 Å². The average Bonchev–Trinajstić information content (AvgIpc) is 2.72. The summed E-state index contributed by atoms with van der Waals surface area (Å²) in [6.07, 6.45) is 1.17. The fraction of sp³-hybridized carbons (Fsp3) is 0.625. The van der Waals surface area contributed by atoms with E-state index in [1.54, 1.807) is 0 Å². The fourth-order valence-corrected chi connectivity index (χ4v) is 4.84. The minimum Gasteiger partial charge on any atom is -0.309 e. The molecule has 112 valence electrons. The van der Waals surface area contributed by atoms with Gasteiger partial charge in [0.1, 0.15) is 0 Å². The first-order valence-electron chi connectivity index (χ1n) is 7.37. The molecule has 2 rings (SSSR count). The molecule has 1 saturated heterocycles. The third-order valence-electron chi connectivity index (χ3n) is 3.51. The second-order valence-electron chi connectivity index (χ2n) is 5.57. The molecule has 0 radical (unpaired) electrons. The number of hydrogen-bond donors (Lipinski definition) is 1. The smallest absolute Gasteiger partial charge is 0.0335 e. The van der Waals surface area contributed by atoms with Crippen LogP contribution in [0.3, 0.4) is 0 Å². The average molecular weight is 311 g/mol. The molecule has 1 aliphatic heterocycles. The van der Waals surface area contributed by atoms with Gasteiger partial charge in [-0.1, -0.05) is 30.3 Å². The summed E-state index contributed by atoms with van der Waals surface area (Å²) in [7, 11) is 4.30. The summed E-state index contributed by atoms with van der Waals surface area (Å²) in [6.45, 7) is 1.12. The first-order valence-corrected chi connectivity index (χ1v) is 9.68. The van der Waals surface area contributed by atoms with Crippen LogP contribution in [0, 0.1) is 0 Å². The zero-order valence-electron chi connectivity index (χ0n) is 12.5. The van der Waals surface area contributed by atoms with Crippen molar-refractivity contribution in [1.82, 2.24) is 10.2 Å². The molecule has 1 heterocycles. The summed E-state index contributed by atoms with van der Waals surface area (Å²) in [5.41, 5.74) is 1.42. The van der Waals surface area contributed by atoms with Crippen LogP contribution in [-0.4, -0.2) is 54.6 Å². The highest BCUT2D eigenvalue weighted by atomic mass is 32.2. The maximum Gasteiger partial charge on any atom is 0.0335 e. The Morgan fingerprint density at radius 2 is 1.80 bits per heavy atom.